The quantitative estimate of drug-likeness (QED) is 0.682. The van der Waals surface area contributed by atoms with Crippen molar-refractivity contribution in [1.82, 2.24) is 4.90 Å². The van der Waals surface area contributed by atoms with E-state index in [-0.39, 0.29) is 29.5 Å². The lowest BCUT2D eigenvalue weighted by molar-refractivity contribution is -0.132. The molecule has 0 aliphatic heterocycles. The van der Waals surface area contributed by atoms with Gasteiger partial charge >= 0.3 is 0 Å². The molecule has 0 atom stereocenters. The first kappa shape index (κ1) is 21.0. The molecule has 6 nitrogen and oxygen atoms in total. The Morgan fingerprint density at radius 3 is 2.33 bits per heavy atom. The Morgan fingerprint density at radius 2 is 1.67 bits per heavy atom. The van der Waals surface area contributed by atoms with Gasteiger partial charge in [-0.05, 0) is 30.5 Å². The fourth-order valence-corrected chi connectivity index (χ4v) is 4.20. The second-order valence-electron chi connectivity index (χ2n) is 5.88. The van der Waals surface area contributed by atoms with Gasteiger partial charge in [0.25, 0.3) is 0 Å². The number of para-hydroxylation sites is 1. The van der Waals surface area contributed by atoms with Crippen LogP contribution in [0.25, 0.3) is 0 Å². The van der Waals surface area contributed by atoms with E-state index in [1.807, 2.05) is 24.5 Å². The van der Waals surface area contributed by atoms with Crippen molar-refractivity contribution >= 4 is 39.1 Å². The SMILES string of the molecule is CSc1ccccc1NC(=O)CN(C)C(=O)CCS(=O)(=O)c1ccccc1. The Kier molecular flexibility index (Phi) is 7.44. The molecule has 2 rings (SSSR count). The van der Waals surface area contributed by atoms with E-state index in [1.54, 1.807) is 24.3 Å². The van der Waals surface area contributed by atoms with Crippen molar-refractivity contribution in [2.75, 3.05) is 30.9 Å². The second-order valence-corrected chi connectivity index (χ2v) is 8.84. The fourth-order valence-electron chi connectivity index (χ4n) is 2.40. The molecule has 0 heterocycles. The average Bonchev–Trinajstić information content (AvgIpc) is 2.67. The number of hydrogen-bond donors (Lipinski definition) is 1. The van der Waals surface area contributed by atoms with Gasteiger partial charge in [0.2, 0.25) is 11.8 Å². The molecule has 0 aliphatic rings. The zero-order valence-corrected chi connectivity index (χ0v) is 16.8. The molecule has 0 radical (unpaired) electrons. The third kappa shape index (κ3) is 6.11. The maximum atomic E-state index is 12.2. The van der Waals surface area contributed by atoms with Gasteiger partial charge in [-0.15, -0.1) is 11.8 Å². The van der Waals surface area contributed by atoms with Crippen LogP contribution in [0.5, 0.6) is 0 Å². The third-order valence-electron chi connectivity index (χ3n) is 3.87. The first-order valence-electron chi connectivity index (χ1n) is 8.28. The molecular weight excluding hydrogens is 384 g/mol. The van der Waals surface area contributed by atoms with Crippen LogP contribution < -0.4 is 5.32 Å². The van der Waals surface area contributed by atoms with Crippen molar-refractivity contribution in [1.29, 1.82) is 0 Å². The molecule has 0 aliphatic carbocycles. The van der Waals surface area contributed by atoms with Crippen molar-refractivity contribution < 1.29 is 18.0 Å². The third-order valence-corrected chi connectivity index (χ3v) is 6.40. The van der Waals surface area contributed by atoms with E-state index in [1.165, 1.54) is 35.8 Å². The molecule has 27 heavy (non-hydrogen) atoms. The van der Waals surface area contributed by atoms with E-state index in [2.05, 4.69) is 5.32 Å². The molecule has 8 heteroatoms. The highest BCUT2D eigenvalue weighted by molar-refractivity contribution is 7.98. The van der Waals surface area contributed by atoms with Crippen LogP contribution in [0.15, 0.2) is 64.4 Å². The summed E-state index contributed by atoms with van der Waals surface area (Å²) in [6.45, 7) is -0.146. The molecule has 0 fully saturated rings. The Hall–Kier alpha value is -2.32. The van der Waals surface area contributed by atoms with Crippen molar-refractivity contribution in [2.24, 2.45) is 0 Å². The number of sulfone groups is 1. The number of likely N-dealkylation sites (N-methyl/N-ethyl adjacent to an activating group) is 1. The number of rotatable bonds is 8. The number of amides is 2. The van der Waals surface area contributed by atoms with E-state index in [0.29, 0.717) is 5.69 Å². The molecule has 0 unspecified atom stereocenters. The molecule has 0 saturated carbocycles. The smallest absolute Gasteiger partial charge is 0.244 e. The number of nitrogens with one attached hydrogen (secondary N) is 1. The number of anilines is 1. The van der Waals surface area contributed by atoms with E-state index < -0.39 is 15.7 Å². The summed E-state index contributed by atoms with van der Waals surface area (Å²) in [6, 6.07) is 15.4. The van der Waals surface area contributed by atoms with Crippen molar-refractivity contribution in [3.05, 3.63) is 54.6 Å². The minimum atomic E-state index is -3.53. The van der Waals surface area contributed by atoms with E-state index in [4.69, 9.17) is 0 Å². The zero-order chi connectivity index (χ0) is 19.9. The molecule has 2 amide bonds. The molecule has 0 aromatic heterocycles. The Bertz CT molecular complexity index is 899. The molecule has 0 spiro atoms. The minimum absolute atomic E-state index is 0.146. The van der Waals surface area contributed by atoms with Gasteiger partial charge in [0.05, 0.1) is 22.9 Å². The molecular formula is C19H22N2O4S2. The summed E-state index contributed by atoms with van der Waals surface area (Å²) in [4.78, 5) is 26.7. The Balaban J connectivity index is 1.89. The summed E-state index contributed by atoms with van der Waals surface area (Å²) in [5.41, 5.74) is 0.683. The van der Waals surface area contributed by atoms with Gasteiger partial charge in [-0.3, -0.25) is 9.59 Å². The summed E-state index contributed by atoms with van der Waals surface area (Å²) < 4.78 is 24.5. The van der Waals surface area contributed by atoms with Gasteiger partial charge < -0.3 is 10.2 Å². The highest BCUT2D eigenvalue weighted by Gasteiger charge is 2.19. The Morgan fingerprint density at radius 1 is 1.04 bits per heavy atom. The van der Waals surface area contributed by atoms with Gasteiger partial charge in [-0.1, -0.05) is 30.3 Å². The molecule has 2 aromatic carbocycles. The fraction of sp³-hybridized carbons (Fsp3) is 0.263. The second kappa shape index (κ2) is 9.57. The van der Waals surface area contributed by atoms with Crippen molar-refractivity contribution in [2.45, 2.75) is 16.2 Å². The normalized spacial score (nSPS) is 11.0. The van der Waals surface area contributed by atoms with Gasteiger partial charge in [-0.25, -0.2) is 8.42 Å². The number of nitrogens with zero attached hydrogens (tertiary/aromatic N) is 1. The van der Waals surface area contributed by atoms with E-state index in [0.717, 1.165) is 4.90 Å². The molecule has 0 saturated heterocycles. The first-order valence-corrected chi connectivity index (χ1v) is 11.2. The van der Waals surface area contributed by atoms with Crippen LogP contribution in [0.1, 0.15) is 6.42 Å². The van der Waals surface area contributed by atoms with Gasteiger partial charge in [0, 0.05) is 18.4 Å². The highest BCUT2D eigenvalue weighted by Crippen LogP contribution is 2.24. The largest absolute Gasteiger partial charge is 0.336 e. The monoisotopic (exact) mass is 406 g/mol. The lowest BCUT2D eigenvalue weighted by Gasteiger charge is -2.17. The minimum Gasteiger partial charge on any atom is -0.336 e. The number of carbonyl (C=O) groups is 2. The first-order chi connectivity index (χ1) is 12.8. The van der Waals surface area contributed by atoms with Crippen molar-refractivity contribution in [3.8, 4) is 0 Å². The molecule has 0 bridgehead atoms. The number of hydrogen-bond acceptors (Lipinski definition) is 5. The number of benzene rings is 2. The highest BCUT2D eigenvalue weighted by atomic mass is 32.2. The Labute approximate surface area is 163 Å². The van der Waals surface area contributed by atoms with E-state index >= 15 is 0 Å². The van der Waals surface area contributed by atoms with Gasteiger partial charge in [0.1, 0.15) is 0 Å². The number of thioether (sulfide) groups is 1. The standard InChI is InChI=1S/C19H22N2O4S2/c1-21(14-18(22)20-16-10-6-7-11-17(16)26-2)19(23)12-13-27(24,25)15-8-4-3-5-9-15/h3-11H,12-14H2,1-2H3,(H,20,22). The summed E-state index contributed by atoms with van der Waals surface area (Å²) in [5.74, 6) is -1.03. The van der Waals surface area contributed by atoms with Crippen LogP contribution in [0.2, 0.25) is 0 Å². The predicted molar refractivity (Wildman–Crippen MR) is 108 cm³/mol. The molecule has 1 N–H and O–H groups in total. The average molecular weight is 407 g/mol. The molecule has 144 valence electrons. The zero-order valence-electron chi connectivity index (χ0n) is 15.2. The topological polar surface area (TPSA) is 83.6 Å². The van der Waals surface area contributed by atoms with Crippen LogP contribution in [0, 0.1) is 0 Å². The predicted octanol–water partition coefficient (Wildman–Crippen LogP) is 2.67. The van der Waals surface area contributed by atoms with Crippen LogP contribution in [0.4, 0.5) is 5.69 Å². The van der Waals surface area contributed by atoms with Crippen LogP contribution >= 0.6 is 11.8 Å². The van der Waals surface area contributed by atoms with Crippen LogP contribution in [-0.4, -0.2) is 50.7 Å². The van der Waals surface area contributed by atoms with E-state index in [9.17, 15) is 18.0 Å². The van der Waals surface area contributed by atoms with Crippen LogP contribution in [0.3, 0.4) is 0 Å². The van der Waals surface area contributed by atoms with Gasteiger partial charge in [-0.2, -0.15) is 0 Å². The summed E-state index contributed by atoms with van der Waals surface area (Å²) in [6.07, 6.45) is 1.73. The summed E-state index contributed by atoms with van der Waals surface area (Å²) >= 11 is 1.51. The van der Waals surface area contributed by atoms with Gasteiger partial charge in [0.15, 0.2) is 9.84 Å². The lowest BCUT2D eigenvalue weighted by atomic mass is 10.3. The lowest BCUT2D eigenvalue weighted by Crippen LogP contribution is -2.35. The summed E-state index contributed by atoms with van der Waals surface area (Å²) in [5, 5.41) is 2.77. The van der Waals surface area contributed by atoms with Crippen LogP contribution in [-0.2, 0) is 19.4 Å². The maximum Gasteiger partial charge on any atom is 0.244 e. The molecule has 2 aromatic rings. The maximum absolute atomic E-state index is 12.2. The van der Waals surface area contributed by atoms with Crippen molar-refractivity contribution in [3.63, 3.8) is 0 Å². The number of carbonyl (C=O) groups excluding carboxylic acids is 2. The summed E-state index contributed by atoms with van der Waals surface area (Å²) in [7, 11) is -2.04.